The predicted octanol–water partition coefficient (Wildman–Crippen LogP) is 8.97. The Hall–Kier alpha value is -2.72. The average Bonchev–Trinajstić information content (AvgIpc) is 3.17. The molecular weight excluding hydrogens is 668 g/mol. The molecule has 0 aromatic heterocycles. The minimum absolute atomic E-state index is 0.215. The number of halogens is 3. The van der Waals surface area contributed by atoms with Gasteiger partial charge in [0.05, 0.1) is 31.7 Å². The number of ether oxygens (including phenoxy) is 2. The number of hydrogen-bond donors (Lipinski definition) is 0. The van der Waals surface area contributed by atoms with E-state index in [4.69, 9.17) is 32.7 Å². The van der Waals surface area contributed by atoms with Gasteiger partial charge in [0.1, 0.15) is 6.61 Å². The molecule has 0 saturated carbocycles. The van der Waals surface area contributed by atoms with Gasteiger partial charge in [0.15, 0.2) is 11.5 Å². The van der Waals surface area contributed by atoms with Crippen LogP contribution in [0.25, 0.3) is 16.8 Å². The molecule has 5 nitrogen and oxygen atoms in total. The largest absolute Gasteiger partial charge is 0.490 e. The number of hydrogen-bond acceptors (Lipinski definition) is 5. The Morgan fingerprint density at radius 3 is 2.54 bits per heavy atom. The van der Waals surface area contributed by atoms with Crippen molar-refractivity contribution in [1.82, 2.24) is 4.90 Å². The van der Waals surface area contributed by atoms with Gasteiger partial charge < -0.3 is 9.47 Å². The lowest BCUT2D eigenvalue weighted by Gasteiger charge is -2.15. The number of fused-ring (bicyclic) bond motifs is 1. The van der Waals surface area contributed by atoms with Crippen LogP contribution in [-0.4, -0.2) is 22.7 Å². The second-order valence-corrected chi connectivity index (χ2v) is 11.7. The molecule has 5 rings (SSSR count). The minimum Gasteiger partial charge on any atom is -0.490 e. The van der Waals surface area contributed by atoms with Crippen LogP contribution in [0.5, 0.6) is 11.5 Å². The normalized spacial score (nSPS) is 14.5. The molecule has 1 heterocycles. The van der Waals surface area contributed by atoms with Crippen molar-refractivity contribution in [2.45, 2.75) is 20.1 Å². The van der Waals surface area contributed by atoms with E-state index in [0.717, 1.165) is 42.8 Å². The Bertz CT molecular complexity index is 1620. The van der Waals surface area contributed by atoms with Crippen molar-refractivity contribution in [3.8, 4) is 11.5 Å². The molecule has 1 aliphatic rings. The van der Waals surface area contributed by atoms with E-state index in [9.17, 15) is 9.59 Å². The first kappa shape index (κ1) is 27.8. The van der Waals surface area contributed by atoms with Gasteiger partial charge in [-0.15, -0.1) is 0 Å². The Morgan fingerprint density at radius 1 is 0.949 bits per heavy atom. The van der Waals surface area contributed by atoms with Crippen molar-refractivity contribution in [2.75, 3.05) is 6.61 Å². The van der Waals surface area contributed by atoms with E-state index in [1.807, 2.05) is 67.6 Å². The van der Waals surface area contributed by atoms with Crippen molar-refractivity contribution in [1.29, 1.82) is 0 Å². The molecule has 0 radical (unpaired) electrons. The molecule has 198 valence electrons. The quantitative estimate of drug-likeness (QED) is 0.137. The van der Waals surface area contributed by atoms with Crippen LogP contribution in [0.4, 0.5) is 4.79 Å². The second kappa shape index (κ2) is 12.2. The number of rotatable bonds is 8. The van der Waals surface area contributed by atoms with Crippen molar-refractivity contribution < 1.29 is 19.1 Å². The van der Waals surface area contributed by atoms with E-state index in [1.165, 1.54) is 4.90 Å². The van der Waals surface area contributed by atoms with Gasteiger partial charge in [0.25, 0.3) is 11.1 Å². The fraction of sp³-hybridized carbons (Fsp3) is 0.133. The van der Waals surface area contributed by atoms with Crippen molar-refractivity contribution in [3.05, 3.63) is 108 Å². The van der Waals surface area contributed by atoms with E-state index in [1.54, 1.807) is 18.2 Å². The third-order valence-corrected chi connectivity index (χ3v) is 8.53. The number of amides is 2. The molecule has 4 aromatic rings. The minimum atomic E-state index is -0.314. The van der Waals surface area contributed by atoms with E-state index in [2.05, 4.69) is 22.6 Å². The molecule has 0 atom stereocenters. The maximum atomic E-state index is 13.3. The summed E-state index contributed by atoms with van der Waals surface area (Å²) >= 11 is 15.3. The zero-order chi connectivity index (χ0) is 27.5. The number of imide groups is 1. The van der Waals surface area contributed by atoms with Gasteiger partial charge in [-0.2, -0.15) is 0 Å². The molecule has 1 aliphatic heterocycles. The summed E-state index contributed by atoms with van der Waals surface area (Å²) in [5.41, 5.74) is 2.53. The van der Waals surface area contributed by atoms with Gasteiger partial charge in [0, 0.05) is 0 Å². The summed E-state index contributed by atoms with van der Waals surface area (Å²) in [6.45, 7) is 2.82. The molecule has 0 aliphatic carbocycles. The average molecular weight is 690 g/mol. The Labute approximate surface area is 254 Å². The van der Waals surface area contributed by atoms with E-state index >= 15 is 0 Å². The van der Waals surface area contributed by atoms with Gasteiger partial charge in [-0.05, 0) is 99.1 Å². The van der Waals surface area contributed by atoms with Crippen LogP contribution in [0.2, 0.25) is 10.0 Å². The van der Waals surface area contributed by atoms with Gasteiger partial charge >= 0.3 is 0 Å². The molecule has 39 heavy (non-hydrogen) atoms. The van der Waals surface area contributed by atoms with Gasteiger partial charge in [-0.1, -0.05) is 71.7 Å². The summed E-state index contributed by atoms with van der Waals surface area (Å²) in [6.07, 6.45) is 1.72. The maximum absolute atomic E-state index is 13.3. The Kier molecular flexibility index (Phi) is 8.71. The highest BCUT2D eigenvalue weighted by Crippen LogP contribution is 2.38. The lowest BCUT2D eigenvalue weighted by atomic mass is 10.0. The van der Waals surface area contributed by atoms with E-state index in [-0.39, 0.29) is 24.3 Å². The standard InChI is InChI=1S/C30H22Cl2INO4S/c1-2-37-26-14-19(13-25(33)28(26)38-17-18-10-11-23(31)24(32)12-18)15-27-29(35)34(30(36)39-27)16-21-8-5-7-20-6-3-4-9-22(20)21/h3-15H,2,16-17H2,1H3/b27-15+. The molecule has 0 bridgehead atoms. The van der Waals surface area contributed by atoms with Crippen LogP contribution in [0, 0.1) is 3.57 Å². The third kappa shape index (κ3) is 6.22. The van der Waals surface area contributed by atoms with Crippen LogP contribution in [0.1, 0.15) is 23.6 Å². The summed E-state index contributed by atoms with van der Waals surface area (Å²) < 4.78 is 12.8. The summed E-state index contributed by atoms with van der Waals surface area (Å²) in [4.78, 5) is 27.8. The van der Waals surface area contributed by atoms with Crippen LogP contribution in [0.3, 0.4) is 0 Å². The third-order valence-electron chi connectivity index (χ3n) is 6.08. The zero-order valence-corrected chi connectivity index (χ0v) is 25.2. The monoisotopic (exact) mass is 689 g/mol. The second-order valence-electron chi connectivity index (χ2n) is 8.71. The fourth-order valence-corrected chi connectivity index (χ4v) is 6.19. The number of benzene rings is 4. The molecule has 2 amide bonds. The lowest BCUT2D eigenvalue weighted by molar-refractivity contribution is -0.123. The number of nitrogens with zero attached hydrogens (tertiary/aromatic N) is 1. The summed E-state index contributed by atoms with van der Waals surface area (Å²) in [7, 11) is 0. The summed E-state index contributed by atoms with van der Waals surface area (Å²) in [5, 5.41) is 2.74. The topological polar surface area (TPSA) is 55.8 Å². The van der Waals surface area contributed by atoms with Crippen LogP contribution >= 0.6 is 57.6 Å². The van der Waals surface area contributed by atoms with Crippen molar-refractivity contribution in [3.63, 3.8) is 0 Å². The zero-order valence-electron chi connectivity index (χ0n) is 20.7. The van der Waals surface area contributed by atoms with Gasteiger partial charge in [-0.3, -0.25) is 14.5 Å². The highest BCUT2D eigenvalue weighted by Gasteiger charge is 2.35. The Balaban J connectivity index is 1.38. The molecule has 4 aromatic carbocycles. The van der Waals surface area contributed by atoms with E-state index in [0.29, 0.717) is 33.1 Å². The number of carbonyl (C=O) groups excluding carboxylic acids is 2. The summed E-state index contributed by atoms with van der Waals surface area (Å²) in [5.74, 6) is 0.821. The molecule has 9 heteroatoms. The lowest BCUT2D eigenvalue weighted by Crippen LogP contribution is -2.27. The smallest absolute Gasteiger partial charge is 0.293 e. The first-order chi connectivity index (χ1) is 18.8. The van der Waals surface area contributed by atoms with Crippen molar-refractivity contribution >= 4 is 85.5 Å². The molecule has 0 spiro atoms. The summed E-state index contributed by atoms with van der Waals surface area (Å²) in [6, 6.07) is 22.9. The first-order valence-corrected chi connectivity index (χ1v) is 14.7. The number of carbonyl (C=O) groups is 2. The first-order valence-electron chi connectivity index (χ1n) is 12.1. The number of thioether (sulfide) groups is 1. The Morgan fingerprint density at radius 2 is 1.74 bits per heavy atom. The van der Waals surface area contributed by atoms with Crippen LogP contribution in [-0.2, 0) is 17.9 Å². The molecule has 0 unspecified atom stereocenters. The fourth-order valence-electron chi connectivity index (χ4n) is 4.25. The SMILES string of the molecule is CCOc1cc(/C=C2/SC(=O)N(Cc3cccc4ccccc34)C2=O)cc(I)c1OCc1ccc(Cl)c(Cl)c1. The van der Waals surface area contributed by atoms with Gasteiger partial charge in [-0.25, -0.2) is 0 Å². The van der Waals surface area contributed by atoms with Crippen molar-refractivity contribution in [2.24, 2.45) is 0 Å². The highest BCUT2D eigenvalue weighted by molar-refractivity contribution is 14.1. The maximum Gasteiger partial charge on any atom is 0.293 e. The molecule has 0 N–H and O–H groups in total. The highest BCUT2D eigenvalue weighted by atomic mass is 127. The van der Waals surface area contributed by atoms with Crippen LogP contribution in [0.15, 0.2) is 77.7 Å². The van der Waals surface area contributed by atoms with Gasteiger partial charge in [0.2, 0.25) is 0 Å². The van der Waals surface area contributed by atoms with E-state index < -0.39 is 0 Å². The molecular formula is C30H22Cl2INO4S. The van der Waals surface area contributed by atoms with Crippen LogP contribution < -0.4 is 9.47 Å². The molecule has 1 fully saturated rings. The molecule has 1 saturated heterocycles. The predicted molar refractivity (Wildman–Crippen MR) is 167 cm³/mol.